The molecular formula is C23H23ClN2O5S. The summed E-state index contributed by atoms with van der Waals surface area (Å²) in [6.45, 7) is 0.982. The lowest BCUT2D eigenvalue weighted by atomic mass is 9.89. The van der Waals surface area contributed by atoms with E-state index in [2.05, 4.69) is 0 Å². The first kappa shape index (κ1) is 21.4. The predicted octanol–water partition coefficient (Wildman–Crippen LogP) is 3.13. The van der Waals surface area contributed by atoms with E-state index in [1.807, 2.05) is 6.07 Å². The Hall–Kier alpha value is -2.42. The maximum absolute atomic E-state index is 13.4. The Morgan fingerprint density at radius 1 is 1.12 bits per heavy atom. The van der Waals surface area contributed by atoms with E-state index in [-0.39, 0.29) is 36.1 Å². The van der Waals surface area contributed by atoms with Crippen LogP contribution in [-0.4, -0.2) is 60.6 Å². The molecule has 2 atom stereocenters. The van der Waals surface area contributed by atoms with Crippen molar-refractivity contribution in [2.75, 3.05) is 19.6 Å². The van der Waals surface area contributed by atoms with Gasteiger partial charge in [0.1, 0.15) is 17.4 Å². The van der Waals surface area contributed by atoms with E-state index in [1.165, 1.54) is 16.4 Å². The summed E-state index contributed by atoms with van der Waals surface area (Å²) in [6, 6.07) is 12.5. The number of ketones is 1. The molecule has 3 heterocycles. The highest BCUT2D eigenvalue weighted by Gasteiger charge is 2.49. The van der Waals surface area contributed by atoms with E-state index in [1.54, 1.807) is 35.2 Å². The third kappa shape index (κ3) is 3.60. The number of para-hydroxylation sites is 1. The van der Waals surface area contributed by atoms with E-state index in [4.69, 9.17) is 16.3 Å². The molecule has 2 aromatic rings. The minimum absolute atomic E-state index is 0.00664. The van der Waals surface area contributed by atoms with Gasteiger partial charge in [-0.2, -0.15) is 4.31 Å². The van der Waals surface area contributed by atoms with Crippen LogP contribution < -0.4 is 4.74 Å². The minimum Gasteiger partial charge on any atom is -0.484 e. The quantitative estimate of drug-likeness (QED) is 0.682. The predicted molar refractivity (Wildman–Crippen MR) is 118 cm³/mol. The highest BCUT2D eigenvalue weighted by Crippen LogP contribution is 2.39. The zero-order chi connectivity index (χ0) is 22.5. The Morgan fingerprint density at radius 3 is 2.75 bits per heavy atom. The molecular weight excluding hydrogens is 452 g/mol. The van der Waals surface area contributed by atoms with Gasteiger partial charge in [-0.15, -0.1) is 0 Å². The van der Waals surface area contributed by atoms with Gasteiger partial charge < -0.3 is 9.64 Å². The fourth-order valence-electron chi connectivity index (χ4n) is 4.95. The number of hydrogen-bond donors (Lipinski definition) is 0. The summed E-state index contributed by atoms with van der Waals surface area (Å²) >= 11 is 5.99. The third-order valence-corrected chi connectivity index (χ3v) is 8.66. The Labute approximate surface area is 192 Å². The number of likely N-dealkylation sites (tertiary alicyclic amines) is 1. The van der Waals surface area contributed by atoms with Crippen LogP contribution in [0.1, 0.15) is 36.0 Å². The van der Waals surface area contributed by atoms with Crippen molar-refractivity contribution in [2.24, 2.45) is 0 Å². The summed E-state index contributed by atoms with van der Waals surface area (Å²) in [5, 5.41) is 0.328. The fourth-order valence-corrected chi connectivity index (χ4v) is 6.90. The number of carbonyl (C=O) groups is 2. The fraction of sp³-hybridized carbons (Fsp3) is 0.391. The highest BCUT2D eigenvalue weighted by atomic mass is 35.5. The number of sulfonamides is 1. The molecule has 1 spiro atoms. The molecule has 0 bridgehead atoms. The second-order valence-electron chi connectivity index (χ2n) is 8.62. The van der Waals surface area contributed by atoms with Crippen molar-refractivity contribution < 1.29 is 22.7 Å². The van der Waals surface area contributed by atoms with Crippen LogP contribution in [0.3, 0.4) is 0 Å². The summed E-state index contributed by atoms with van der Waals surface area (Å²) in [5.74, 6) is 0.316. The number of amides is 1. The molecule has 3 aliphatic heterocycles. The molecule has 0 N–H and O–H groups in total. The van der Waals surface area contributed by atoms with Crippen LogP contribution in [-0.2, 0) is 14.8 Å². The summed E-state index contributed by atoms with van der Waals surface area (Å²) < 4.78 is 33.9. The van der Waals surface area contributed by atoms with Gasteiger partial charge in [-0.05, 0) is 43.2 Å². The number of rotatable bonds is 3. The first-order valence-corrected chi connectivity index (χ1v) is 12.5. The first-order valence-electron chi connectivity index (χ1n) is 10.7. The maximum Gasteiger partial charge on any atom is 0.243 e. The summed E-state index contributed by atoms with van der Waals surface area (Å²) in [5.41, 5.74) is -0.186. The number of hydrogen-bond acceptors (Lipinski definition) is 5. The number of ether oxygens (including phenoxy) is 1. The van der Waals surface area contributed by atoms with Gasteiger partial charge >= 0.3 is 0 Å². The SMILES string of the molecule is O=C1CC2(CCN(C(=O)C3CCCN3S(=O)(=O)c3cccc(Cl)c3)C2)Oc2ccccc21. The van der Waals surface area contributed by atoms with Crippen LogP contribution in [0.4, 0.5) is 0 Å². The Bertz CT molecular complexity index is 1200. The van der Waals surface area contributed by atoms with Crippen molar-refractivity contribution in [3.8, 4) is 5.75 Å². The summed E-state index contributed by atoms with van der Waals surface area (Å²) in [6.07, 6.45) is 1.82. The van der Waals surface area contributed by atoms with E-state index in [0.717, 1.165) is 0 Å². The lowest BCUT2D eigenvalue weighted by Gasteiger charge is -2.35. The molecule has 32 heavy (non-hydrogen) atoms. The van der Waals surface area contributed by atoms with Crippen LogP contribution >= 0.6 is 11.6 Å². The number of carbonyl (C=O) groups excluding carboxylic acids is 2. The topological polar surface area (TPSA) is 84.0 Å². The van der Waals surface area contributed by atoms with Crippen LogP contribution in [0.25, 0.3) is 0 Å². The second-order valence-corrected chi connectivity index (χ2v) is 10.9. The van der Waals surface area contributed by atoms with Gasteiger partial charge in [0.15, 0.2) is 5.78 Å². The largest absolute Gasteiger partial charge is 0.484 e. The molecule has 168 valence electrons. The number of fused-ring (bicyclic) bond motifs is 1. The van der Waals surface area contributed by atoms with Crippen LogP contribution in [0.5, 0.6) is 5.75 Å². The molecule has 0 saturated carbocycles. The highest BCUT2D eigenvalue weighted by molar-refractivity contribution is 7.89. The van der Waals surface area contributed by atoms with Crippen molar-refractivity contribution >= 4 is 33.3 Å². The molecule has 2 aromatic carbocycles. The Balaban J connectivity index is 1.35. The van der Waals surface area contributed by atoms with Crippen molar-refractivity contribution in [3.05, 3.63) is 59.1 Å². The van der Waals surface area contributed by atoms with Gasteiger partial charge in [-0.1, -0.05) is 29.8 Å². The van der Waals surface area contributed by atoms with Gasteiger partial charge in [0.05, 0.1) is 23.4 Å². The molecule has 9 heteroatoms. The monoisotopic (exact) mass is 474 g/mol. The van der Waals surface area contributed by atoms with Crippen molar-refractivity contribution in [1.82, 2.24) is 9.21 Å². The zero-order valence-corrected chi connectivity index (χ0v) is 18.9. The van der Waals surface area contributed by atoms with Crippen molar-refractivity contribution in [2.45, 2.75) is 42.2 Å². The normalized spacial score (nSPS) is 25.7. The molecule has 5 rings (SSSR count). The number of Topliss-reactive ketones (excluding diaryl/α,β-unsaturated/α-hetero) is 1. The molecule has 0 radical (unpaired) electrons. The summed E-state index contributed by atoms with van der Waals surface area (Å²) in [7, 11) is -3.85. The molecule has 0 aromatic heterocycles. The van der Waals surface area contributed by atoms with E-state index >= 15 is 0 Å². The molecule has 3 aliphatic rings. The Morgan fingerprint density at radius 2 is 1.94 bits per heavy atom. The number of halogens is 1. The lowest BCUT2D eigenvalue weighted by Crippen LogP contribution is -2.50. The van der Waals surface area contributed by atoms with Gasteiger partial charge in [-0.25, -0.2) is 8.42 Å². The molecule has 7 nitrogen and oxygen atoms in total. The minimum atomic E-state index is -3.85. The average molecular weight is 475 g/mol. The van der Waals surface area contributed by atoms with E-state index in [0.29, 0.717) is 42.1 Å². The van der Waals surface area contributed by atoms with Gasteiger partial charge in [-0.3, -0.25) is 9.59 Å². The maximum atomic E-state index is 13.4. The van der Waals surface area contributed by atoms with Crippen molar-refractivity contribution in [1.29, 1.82) is 0 Å². The van der Waals surface area contributed by atoms with Gasteiger partial charge in [0.25, 0.3) is 0 Å². The van der Waals surface area contributed by atoms with Crippen LogP contribution in [0.15, 0.2) is 53.4 Å². The lowest BCUT2D eigenvalue weighted by molar-refractivity contribution is -0.134. The van der Waals surface area contributed by atoms with Crippen molar-refractivity contribution in [3.63, 3.8) is 0 Å². The van der Waals surface area contributed by atoms with E-state index in [9.17, 15) is 18.0 Å². The third-order valence-electron chi connectivity index (χ3n) is 6.52. The second kappa shape index (κ2) is 7.86. The average Bonchev–Trinajstić information content (AvgIpc) is 3.41. The first-order chi connectivity index (χ1) is 15.3. The van der Waals surface area contributed by atoms with E-state index < -0.39 is 21.7 Å². The number of nitrogens with zero attached hydrogens (tertiary/aromatic N) is 2. The molecule has 2 unspecified atom stereocenters. The van der Waals surface area contributed by atoms with Crippen LogP contribution in [0.2, 0.25) is 5.02 Å². The zero-order valence-electron chi connectivity index (χ0n) is 17.4. The van der Waals surface area contributed by atoms with Gasteiger partial charge in [0.2, 0.25) is 15.9 Å². The molecule has 0 aliphatic carbocycles. The standard InChI is InChI=1S/C23H23ClN2O5S/c24-16-5-3-6-17(13-16)32(29,30)26-11-4-8-19(26)22(28)25-12-10-23(15-25)14-20(27)18-7-1-2-9-21(18)31-23/h1-3,5-7,9,13,19H,4,8,10-12,14-15H2. The molecule has 2 saturated heterocycles. The summed E-state index contributed by atoms with van der Waals surface area (Å²) in [4.78, 5) is 27.8. The molecule has 2 fully saturated rings. The van der Waals surface area contributed by atoms with Crippen LogP contribution in [0, 0.1) is 0 Å². The smallest absolute Gasteiger partial charge is 0.243 e. The number of benzene rings is 2. The van der Waals surface area contributed by atoms with Gasteiger partial charge in [0, 0.05) is 24.5 Å². The Kier molecular flexibility index (Phi) is 5.27. The molecule has 1 amide bonds.